The summed E-state index contributed by atoms with van der Waals surface area (Å²) in [6.45, 7) is 6.30. The first-order chi connectivity index (χ1) is 8.98. The highest BCUT2D eigenvalue weighted by Gasteiger charge is 2.59. The normalized spacial score (nSPS) is 35.4. The Labute approximate surface area is 116 Å². The van der Waals surface area contributed by atoms with Crippen LogP contribution in [0.25, 0.3) is 0 Å². The molecule has 2 aliphatic rings. The Morgan fingerprint density at radius 3 is 2.63 bits per heavy atom. The SMILES string of the molecule is C=C1C[C@]2(S(=O)c3ccccc3)C[C@@]1(C)CCC2=O. The summed E-state index contributed by atoms with van der Waals surface area (Å²) in [7, 11) is -1.27. The maximum Gasteiger partial charge on any atom is 0.152 e. The van der Waals surface area contributed by atoms with Crippen LogP contribution in [0.1, 0.15) is 32.6 Å². The topological polar surface area (TPSA) is 34.1 Å². The Balaban J connectivity index is 2.05. The molecule has 3 atom stereocenters. The number of rotatable bonds is 2. The van der Waals surface area contributed by atoms with Gasteiger partial charge in [0.05, 0.1) is 10.8 Å². The van der Waals surface area contributed by atoms with Crippen LogP contribution in [-0.4, -0.2) is 14.7 Å². The van der Waals surface area contributed by atoms with Crippen molar-refractivity contribution in [2.24, 2.45) is 5.41 Å². The van der Waals surface area contributed by atoms with Crippen molar-refractivity contribution in [2.45, 2.75) is 42.2 Å². The summed E-state index contributed by atoms with van der Waals surface area (Å²) in [6.07, 6.45) is 2.68. The number of carbonyl (C=O) groups excluding carboxylic acids is 1. The monoisotopic (exact) mass is 274 g/mol. The number of carbonyl (C=O) groups is 1. The molecule has 0 saturated heterocycles. The molecule has 2 bridgehead atoms. The number of allylic oxidation sites excluding steroid dienone is 1. The third-order valence-corrected chi connectivity index (χ3v) is 6.68. The van der Waals surface area contributed by atoms with E-state index >= 15 is 0 Å². The molecule has 2 saturated carbocycles. The van der Waals surface area contributed by atoms with Gasteiger partial charge in [-0.1, -0.05) is 37.3 Å². The summed E-state index contributed by atoms with van der Waals surface area (Å²) in [5, 5.41) is 0. The van der Waals surface area contributed by atoms with Crippen LogP contribution in [0.4, 0.5) is 0 Å². The molecule has 0 spiro atoms. The van der Waals surface area contributed by atoms with E-state index in [1.807, 2.05) is 30.3 Å². The molecule has 0 aromatic heterocycles. The van der Waals surface area contributed by atoms with E-state index in [2.05, 4.69) is 13.5 Å². The summed E-state index contributed by atoms with van der Waals surface area (Å²) in [5.74, 6) is 0.158. The molecule has 1 unspecified atom stereocenters. The number of Topliss-reactive ketones (excluding diaryl/α,β-unsaturated/α-hetero) is 1. The Hall–Kier alpha value is -1.22. The quantitative estimate of drug-likeness (QED) is 0.776. The second kappa shape index (κ2) is 4.14. The maximum absolute atomic E-state index is 12.9. The molecule has 2 nitrogen and oxygen atoms in total. The average Bonchev–Trinajstić information content (AvgIpc) is 2.65. The summed E-state index contributed by atoms with van der Waals surface area (Å²) in [6, 6.07) is 9.36. The van der Waals surface area contributed by atoms with E-state index in [1.165, 1.54) is 0 Å². The van der Waals surface area contributed by atoms with Gasteiger partial charge >= 0.3 is 0 Å². The molecule has 100 valence electrons. The Morgan fingerprint density at radius 1 is 1.26 bits per heavy atom. The molecule has 0 amide bonds. The molecule has 1 aromatic rings. The molecule has 1 aromatic carbocycles. The summed E-state index contributed by atoms with van der Waals surface area (Å²) >= 11 is 0. The van der Waals surface area contributed by atoms with Crippen molar-refractivity contribution in [2.75, 3.05) is 0 Å². The van der Waals surface area contributed by atoms with Crippen LogP contribution < -0.4 is 0 Å². The highest BCUT2D eigenvalue weighted by Crippen LogP contribution is 2.57. The van der Waals surface area contributed by atoms with Crippen LogP contribution in [0.5, 0.6) is 0 Å². The molecule has 3 rings (SSSR count). The molecular weight excluding hydrogens is 256 g/mol. The minimum Gasteiger partial charge on any atom is -0.298 e. The first kappa shape index (κ1) is 12.8. The van der Waals surface area contributed by atoms with E-state index in [0.717, 1.165) is 16.9 Å². The van der Waals surface area contributed by atoms with E-state index in [1.54, 1.807) is 0 Å². The second-order valence-electron chi connectivity index (χ2n) is 6.02. The number of hydrogen-bond acceptors (Lipinski definition) is 2. The van der Waals surface area contributed by atoms with E-state index in [0.29, 0.717) is 19.3 Å². The van der Waals surface area contributed by atoms with Crippen molar-refractivity contribution in [3.8, 4) is 0 Å². The summed E-state index contributed by atoms with van der Waals surface area (Å²) in [5.41, 5.74) is 1.10. The van der Waals surface area contributed by atoms with Gasteiger partial charge in [0.15, 0.2) is 5.78 Å². The van der Waals surface area contributed by atoms with Gasteiger partial charge in [0.1, 0.15) is 4.75 Å². The lowest BCUT2D eigenvalue weighted by Crippen LogP contribution is -2.44. The molecule has 2 fully saturated rings. The maximum atomic E-state index is 12.9. The van der Waals surface area contributed by atoms with Gasteiger partial charge < -0.3 is 0 Å². The van der Waals surface area contributed by atoms with Crippen molar-refractivity contribution >= 4 is 16.6 Å². The van der Waals surface area contributed by atoms with Gasteiger partial charge in [-0.3, -0.25) is 9.00 Å². The van der Waals surface area contributed by atoms with Gasteiger partial charge in [-0.15, -0.1) is 0 Å². The van der Waals surface area contributed by atoms with Crippen LogP contribution in [0.2, 0.25) is 0 Å². The summed E-state index contributed by atoms with van der Waals surface area (Å²) < 4.78 is 12.2. The van der Waals surface area contributed by atoms with Crippen LogP contribution >= 0.6 is 0 Å². The standard InChI is InChI=1S/C16H18O2S/c1-12-10-16(11-15(12,2)9-8-14(16)17)19(18)13-6-4-3-5-7-13/h3-7H,1,8-11H2,2H3/t15-,16+,19?/m1/s1. The Bertz CT molecular complexity index is 578. The van der Waals surface area contributed by atoms with Gasteiger partial charge in [-0.05, 0) is 36.8 Å². The number of ketones is 1. The van der Waals surface area contributed by atoms with Crippen LogP contribution in [0.15, 0.2) is 47.4 Å². The fraction of sp³-hybridized carbons (Fsp3) is 0.438. The third-order valence-electron chi connectivity index (χ3n) is 4.75. The predicted molar refractivity (Wildman–Crippen MR) is 76.3 cm³/mol. The van der Waals surface area contributed by atoms with E-state index in [-0.39, 0.29) is 11.2 Å². The zero-order chi connectivity index (χ0) is 13.7. The van der Waals surface area contributed by atoms with E-state index in [4.69, 9.17) is 0 Å². The van der Waals surface area contributed by atoms with Gasteiger partial charge in [0.2, 0.25) is 0 Å². The number of fused-ring (bicyclic) bond motifs is 2. The highest BCUT2D eigenvalue weighted by atomic mass is 32.2. The fourth-order valence-electron chi connectivity index (χ4n) is 3.46. The van der Waals surface area contributed by atoms with Crippen molar-refractivity contribution < 1.29 is 9.00 Å². The van der Waals surface area contributed by atoms with Gasteiger partial charge in [0, 0.05) is 11.3 Å². The average molecular weight is 274 g/mol. The third kappa shape index (κ3) is 1.75. The van der Waals surface area contributed by atoms with E-state index < -0.39 is 15.5 Å². The van der Waals surface area contributed by atoms with Gasteiger partial charge in [-0.2, -0.15) is 0 Å². The van der Waals surface area contributed by atoms with Crippen LogP contribution in [-0.2, 0) is 15.6 Å². The molecule has 19 heavy (non-hydrogen) atoms. The summed E-state index contributed by atoms with van der Waals surface area (Å²) in [4.78, 5) is 13.2. The molecule has 3 heteroatoms. The van der Waals surface area contributed by atoms with Crippen molar-refractivity contribution in [1.29, 1.82) is 0 Å². The predicted octanol–water partition coefficient (Wildman–Crippen LogP) is 3.25. The lowest BCUT2D eigenvalue weighted by molar-refractivity contribution is -0.123. The molecular formula is C16H18O2S. The van der Waals surface area contributed by atoms with Crippen LogP contribution in [0.3, 0.4) is 0 Å². The Kier molecular flexibility index (Phi) is 2.79. The van der Waals surface area contributed by atoms with Gasteiger partial charge in [0.25, 0.3) is 0 Å². The van der Waals surface area contributed by atoms with Crippen molar-refractivity contribution in [1.82, 2.24) is 0 Å². The highest BCUT2D eigenvalue weighted by molar-refractivity contribution is 7.87. The minimum atomic E-state index is -1.27. The van der Waals surface area contributed by atoms with Crippen molar-refractivity contribution in [3.63, 3.8) is 0 Å². The zero-order valence-corrected chi connectivity index (χ0v) is 12.0. The van der Waals surface area contributed by atoms with Gasteiger partial charge in [-0.25, -0.2) is 0 Å². The fourth-order valence-corrected chi connectivity index (χ4v) is 5.38. The van der Waals surface area contributed by atoms with Crippen molar-refractivity contribution in [3.05, 3.63) is 42.5 Å². The lowest BCUT2D eigenvalue weighted by atomic mass is 9.75. The molecule has 0 aliphatic heterocycles. The molecule has 2 aliphatic carbocycles. The first-order valence-electron chi connectivity index (χ1n) is 6.66. The molecule has 0 heterocycles. The second-order valence-corrected chi connectivity index (χ2v) is 7.81. The largest absolute Gasteiger partial charge is 0.298 e. The van der Waals surface area contributed by atoms with Crippen LogP contribution in [0, 0.1) is 5.41 Å². The number of hydrogen-bond donors (Lipinski definition) is 0. The molecule has 0 radical (unpaired) electrons. The zero-order valence-electron chi connectivity index (χ0n) is 11.1. The molecule has 0 N–H and O–H groups in total. The minimum absolute atomic E-state index is 0.00164. The smallest absolute Gasteiger partial charge is 0.152 e. The van der Waals surface area contributed by atoms with E-state index in [9.17, 15) is 9.00 Å². The number of benzene rings is 1. The lowest BCUT2D eigenvalue weighted by Gasteiger charge is -2.35. The Morgan fingerprint density at radius 2 is 1.95 bits per heavy atom. The first-order valence-corrected chi connectivity index (χ1v) is 7.81.